The number of hydrogen-bond donors (Lipinski definition) is 7. The lowest BCUT2D eigenvalue weighted by Crippen LogP contribution is -2.61. The Labute approximate surface area is 449 Å². The number of carboxylic acids is 1. The Morgan fingerprint density at radius 2 is 1.68 bits per heavy atom. The van der Waals surface area contributed by atoms with Gasteiger partial charge in [-0.05, 0) is 111 Å². The second-order valence-corrected chi connectivity index (χ2v) is 22.2. The summed E-state index contributed by atoms with van der Waals surface area (Å²) in [4.78, 5) is 78.2. The Bertz CT molecular complexity index is 2980. The molecular weight excluding hydrogens is 979 g/mol. The van der Waals surface area contributed by atoms with E-state index in [1.165, 1.54) is 4.90 Å². The van der Waals surface area contributed by atoms with Crippen molar-refractivity contribution in [3.8, 4) is 29.4 Å². The zero-order chi connectivity index (χ0) is 54.0. The minimum Gasteiger partial charge on any atom is -0.507 e. The minimum absolute atomic E-state index is 0.0195. The molecule has 0 bridgehead atoms. The number of carbonyl (C=O) groups excluding carboxylic acids is 3. The number of H-pyrrole nitrogens is 1. The Hall–Kier alpha value is -7.18. The minimum atomic E-state index is -1.04. The molecule has 8 heterocycles. The first-order valence-corrected chi connectivity index (χ1v) is 27.2. The molecule has 0 unspecified atom stereocenters. The van der Waals surface area contributed by atoms with Crippen LogP contribution in [0.25, 0.3) is 22.3 Å². The maximum Gasteiger partial charge on any atom is 0.322 e. The van der Waals surface area contributed by atoms with Crippen molar-refractivity contribution < 1.29 is 34.5 Å². The van der Waals surface area contributed by atoms with Crippen molar-refractivity contribution in [2.24, 2.45) is 5.41 Å². The van der Waals surface area contributed by atoms with Gasteiger partial charge in [-0.2, -0.15) is 0 Å². The number of aromatic hydroxyl groups is 1. The van der Waals surface area contributed by atoms with Gasteiger partial charge in [-0.25, -0.2) is 14.8 Å². The molecular formula is C57H71N13O7. The van der Waals surface area contributed by atoms with Crippen LogP contribution < -0.4 is 20.9 Å². The van der Waals surface area contributed by atoms with Gasteiger partial charge in [0.25, 0.3) is 0 Å². The molecule has 0 spiro atoms. The zero-order valence-corrected chi connectivity index (χ0v) is 44.2. The van der Waals surface area contributed by atoms with Crippen molar-refractivity contribution in [1.29, 1.82) is 0 Å². The molecule has 0 radical (unpaired) electrons. The number of aromatic nitrogens is 5. The van der Waals surface area contributed by atoms with Gasteiger partial charge in [0, 0.05) is 111 Å². The highest BCUT2D eigenvalue weighted by atomic mass is 16.4. The Kier molecular flexibility index (Phi) is 15.8. The molecule has 2 aromatic carbocycles. The Morgan fingerprint density at radius 1 is 0.935 bits per heavy atom. The first-order valence-electron chi connectivity index (χ1n) is 27.2. The maximum absolute atomic E-state index is 14.9. The van der Waals surface area contributed by atoms with Crippen molar-refractivity contribution in [3.63, 3.8) is 0 Å². The van der Waals surface area contributed by atoms with Gasteiger partial charge < -0.3 is 55.9 Å². The number of phenolic OH excluding ortho intramolecular Hbond substituents is 1. The van der Waals surface area contributed by atoms with Crippen LogP contribution in [-0.2, 0) is 27.3 Å². The van der Waals surface area contributed by atoms with Gasteiger partial charge in [-0.15, -0.1) is 16.6 Å². The number of benzene rings is 2. The molecule has 406 valence electrons. The quantitative estimate of drug-likeness (QED) is 0.0777. The lowest BCUT2D eigenvalue weighted by atomic mass is 9.80. The predicted molar refractivity (Wildman–Crippen MR) is 290 cm³/mol. The van der Waals surface area contributed by atoms with Crippen LogP contribution >= 0.6 is 0 Å². The van der Waals surface area contributed by atoms with Crippen LogP contribution in [0.5, 0.6) is 5.75 Å². The summed E-state index contributed by atoms with van der Waals surface area (Å²) in [7, 11) is 0. The van der Waals surface area contributed by atoms with Crippen LogP contribution in [0.15, 0.2) is 67.0 Å². The third kappa shape index (κ3) is 11.6. The molecule has 0 aliphatic carbocycles. The number of nitrogens with zero attached hydrogens (tertiary/aromatic N) is 9. The number of nitrogens with one attached hydrogen (secondary N) is 4. The number of carboxylic acid groups (broad SMARTS) is 1. The first kappa shape index (κ1) is 53.2. The molecule has 5 aliphatic rings. The molecule has 77 heavy (non-hydrogen) atoms. The number of piperazine rings is 1. The number of fused-ring (bicyclic) bond motifs is 3. The number of likely N-dealkylation sites (tertiary alicyclic amines) is 3. The van der Waals surface area contributed by atoms with Crippen molar-refractivity contribution in [1.82, 2.24) is 60.7 Å². The number of rotatable bonds is 14. The number of aliphatic hydroxyl groups is 1. The molecule has 20 heteroatoms. The van der Waals surface area contributed by atoms with E-state index in [-0.39, 0.29) is 37.3 Å². The molecule has 20 nitrogen and oxygen atoms in total. The summed E-state index contributed by atoms with van der Waals surface area (Å²) in [5, 5.41) is 50.1. The number of urea groups is 1. The number of amides is 4. The molecule has 10 rings (SSSR count). The number of terminal acetylenes is 1. The number of hydrogen-bond acceptors (Lipinski definition) is 14. The van der Waals surface area contributed by atoms with Crippen LogP contribution in [0.2, 0.25) is 0 Å². The van der Waals surface area contributed by atoms with Gasteiger partial charge in [0.2, 0.25) is 17.8 Å². The van der Waals surface area contributed by atoms with E-state index in [0.717, 1.165) is 90.7 Å². The number of β-amino-alcohol motifs (C(OH)–C–C–N with tert-alkyl or cyclic N) is 1. The average Bonchev–Trinajstić information content (AvgIpc) is 4.04. The normalized spacial score (nSPS) is 22.4. The molecule has 4 amide bonds. The fourth-order valence-electron chi connectivity index (χ4n) is 12.2. The van der Waals surface area contributed by atoms with Gasteiger partial charge in [0.05, 0.1) is 17.8 Å². The number of piperidine rings is 2. The molecule has 5 aromatic rings. The molecule has 4 saturated heterocycles. The molecule has 7 N–H and O–H groups in total. The number of carbonyl (C=O) groups is 4. The average molecular weight is 1050 g/mol. The number of phenols is 1. The highest BCUT2D eigenvalue weighted by Crippen LogP contribution is 2.39. The maximum atomic E-state index is 14.9. The fourth-order valence-corrected chi connectivity index (χ4v) is 12.2. The second-order valence-electron chi connectivity index (χ2n) is 22.2. The van der Waals surface area contributed by atoms with Crippen LogP contribution in [0.3, 0.4) is 0 Å². The van der Waals surface area contributed by atoms with E-state index in [4.69, 9.17) is 16.4 Å². The van der Waals surface area contributed by atoms with Gasteiger partial charge in [0.1, 0.15) is 23.9 Å². The third-order valence-electron chi connectivity index (χ3n) is 16.9. The smallest absolute Gasteiger partial charge is 0.322 e. The number of aromatic amines is 1. The summed E-state index contributed by atoms with van der Waals surface area (Å²) in [6, 6.07) is 13.6. The fraction of sp³-hybridized carbons (Fsp3) is 0.509. The van der Waals surface area contributed by atoms with Crippen molar-refractivity contribution in [3.05, 3.63) is 94.9 Å². The van der Waals surface area contributed by atoms with Gasteiger partial charge >= 0.3 is 12.0 Å². The van der Waals surface area contributed by atoms with Crippen LogP contribution in [0.1, 0.15) is 99.2 Å². The van der Waals surface area contributed by atoms with Crippen molar-refractivity contribution in [2.75, 3.05) is 70.3 Å². The van der Waals surface area contributed by atoms with Gasteiger partial charge in [0.15, 0.2) is 5.65 Å². The highest BCUT2D eigenvalue weighted by molar-refractivity contribution is 5.93. The Morgan fingerprint density at radius 3 is 2.39 bits per heavy atom. The molecule has 4 fully saturated rings. The lowest BCUT2D eigenvalue weighted by Gasteiger charge is -2.43. The summed E-state index contributed by atoms with van der Waals surface area (Å²) in [5.41, 5.74) is 6.08. The van der Waals surface area contributed by atoms with Crippen LogP contribution in [0, 0.1) is 17.8 Å². The van der Waals surface area contributed by atoms with Crippen LogP contribution in [0.4, 0.5) is 10.7 Å². The summed E-state index contributed by atoms with van der Waals surface area (Å²) < 4.78 is 0. The topological polar surface area (TPSA) is 249 Å². The van der Waals surface area contributed by atoms with Crippen molar-refractivity contribution >= 4 is 40.8 Å². The number of aliphatic hydroxyl groups excluding tert-OH is 1. The first-order chi connectivity index (χ1) is 37.1. The summed E-state index contributed by atoms with van der Waals surface area (Å²) >= 11 is 0. The largest absolute Gasteiger partial charge is 0.507 e. The zero-order valence-electron chi connectivity index (χ0n) is 44.2. The van der Waals surface area contributed by atoms with E-state index in [9.17, 15) is 34.5 Å². The molecule has 0 saturated carbocycles. The van der Waals surface area contributed by atoms with Gasteiger partial charge in [-0.3, -0.25) is 19.3 Å². The number of aliphatic carboxylic acids is 1. The lowest BCUT2D eigenvalue weighted by molar-refractivity contribution is -0.142. The molecule has 3 aromatic heterocycles. The Balaban J connectivity index is 0.746. The van der Waals surface area contributed by atoms with Gasteiger partial charge in [-0.1, -0.05) is 44.0 Å². The van der Waals surface area contributed by atoms with E-state index in [2.05, 4.69) is 58.7 Å². The van der Waals surface area contributed by atoms with E-state index >= 15 is 0 Å². The number of anilines is 1. The summed E-state index contributed by atoms with van der Waals surface area (Å²) in [6.07, 6.45) is 13.4. The van der Waals surface area contributed by atoms with E-state index < -0.39 is 47.4 Å². The molecule has 5 aliphatic heterocycles. The van der Waals surface area contributed by atoms with E-state index in [1.807, 2.05) is 56.6 Å². The SMILES string of the molecule is C#Cc1ccc(CNC(=O)[C@@H]2C[C@@H](O)CN2C(=O)[C@@H](NC(=O)N2CCC(N3CCC(c4cnc(N5CCc6[nH]c7nnc(-c8ccccc8O)cc7c6[C@H]5C)nc4)CC3)CC2)C(C)(C)CCN2CCN[C@@H](C(=O)O)C2)cc1. The van der Waals surface area contributed by atoms with E-state index in [0.29, 0.717) is 74.9 Å². The second kappa shape index (κ2) is 22.8. The highest BCUT2D eigenvalue weighted by Gasteiger charge is 2.47. The number of para-hydroxylation sites is 1. The summed E-state index contributed by atoms with van der Waals surface area (Å²) in [5.74, 6) is 1.99. The van der Waals surface area contributed by atoms with E-state index in [1.54, 1.807) is 29.2 Å². The predicted octanol–water partition coefficient (Wildman–Crippen LogP) is 4.00. The monoisotopic (exact) mass is 1050 g/mol. The summed E-state index contributed by atoms with van der Waals surface area (Å²) in [6.45, 7) is 11.7. The third-order valence-corrected chi connectivity index (χ3v) is 16.9. The van der Waals surface area contributed by atoms with Crippen molar-refractivity contribution in [2.45, 2.75) is 114 Å². The standard InChI is InChI=1S/C57H71N13O7/c1-5-36-10-12-37(13-11-36)30-59-52(73)47-28-41(71)33-70(47)53(74)50(57(3,4)19-26-66-27-20-58-46(34-66)54(75)76)63-56(77)68-23-16-40(17-24-68)67-21-14-38(15-22-67)39-31-60-55(61-32-39)69-25-18-44-49(35(69)2)43-29-45(64-65-51(43)62-44)42-8-6-7-9-48(42)72/h1,6-13,29,31-32,35,38,40-41,46-47,50,58,71-72H,14-28,30,33-34H2,2-4H3,(H,59,73)(H,62,65)(H,63,77)(H,75,76)/t35-,41-,46-,47+,50-/m1/s1. The van der Waals surface area contributed by atoms with Crippen LogP contribution in [-0.4, -0.2) is 180 Å². The molecule has 5 atom stereocenters.